The van der Waals surface area contributed by atoms with Crippen LogP contribution in [0.2, 0.25) is 5.02 Å². The number of halogens is 3. The Morgan fingerprint density at radius 2 is 1.84 bits per heavy atom. The summed E-state index contributed by atoms with van der Waals surface area (Å²) in [5, 5.41) is 31.5. The number of hydrogen-bond donors (Lipinski definition) is 4. The monoisotopic (exact) mass is 711 g/mol. The lowest BCUT2D eigenvalue weighted by atomic mass is 10.1. The van der Waals surface area contributed by atoms with E-state index in [0.29, 0.717) is 68.5 Å². The third kappa shape index (κ3) is 7.67. The molecule has 0 bridgehead atoms. The van der Waals surface area contributed by atoms with Gasteiger partial charge >= 0.3 is 6.03 Å². The number of carboxylic acid groups (broad SMARTS) is 1. The highest BCUT2D eigenvalue weighted by Crippen LogP contribution is 2.32. The van der Waals surface area contributed by atoms with Crippen LogP contribution in [0.3, 0.4) is 0 Å². The summed E-state index contributed by atoms with van der Waals surface area (Å²) in [7, 11) is 0. The minimum absolute atomic E-state index is 0.0428. The number of benzene rings is 2. The molecule has 2 saturated heterocycles. The maximum absolute atomic E-state index is 15.0. The van der Waals surface area contributed by atoms with Crippen molar-refractivity contribution in [3.63, 3.8) is 0 Å². The Labute approximate surface area is 289 Å². The Hall–Kier alpha value is -5.57. The summed E-state index contributed by atoms with van der Waals surface area (Å²) in [6.07, 6.45) is 4.40. The summed E-state index contributed by atoms with van der Waals surface area (Å²) >= 11 is 6.57. The molecule has 2 aliphatic rings. The predicted octanol–water partition coefficient (Wildman–Crippen LogP) is 2.82. The van der Waals surface area contributed by atoms with Crippen molar-refractivity contribution in [1.29, 1.82) is 5.26 Å². The van der Waals surface area contributed by atoms with E-state index in [1.165, 1.54) is 24.5 Å². The Balaban J connectivity index is 0.00000156. The van der Waals surface area contributed by atoms with Crippen LogP contribution in [-0.4, -0.2) is 123 Å². The summed E-state index contributed by atoms with van der Waals surface area (Å²) in [6, 6.07) is 8.91. The van der Waals surface area contributed by atoms with Gasteiger partial charge in [0, 0.05) is 75.5 Å². The maximum atomic E-state index is 15.0. The first-order valence-electron chi connectivity index (χ1n) is 15.3. The Morgan fingerprint density at radius 1 is 1.10 bits per heavy atom. The number of aromatic nitrogens is 3. The molecule has 2 fully saturated rings. The molecule has 15 nitrogen and oxygen atoms in total. The second kappa shape index (κ2) is 16.2. The number of nitrogens with zero attached hydrogens (tertiary/aromatic N) is 7. The molecule has 4 N–H and O–H groups in total. The number of rotatable bonds is 7. The van der Waals surface area contributed by atoms with Gasteiger partial charge in [0.2, 0.25) is 5.82 Å². The first kappa shape index (κ1) is 35.7. The van der Waals surface area contributed by atoms with Gasteiger partial charge in [-0.05, 0) is 30.3 Å². The van der Waals surface area contributed by atoms with Gasteiger partial charge < -0.3 is 40.3 Å². The number of ether oxygens (including phenoxy) is 1. The van der Waals surface area contributed by atoms with Crippen molar-refractivity contribution in [3.8, 4) is 23.1 Å². The SMILES string of the molecule is N#CCOc1ccc(-c2cnc3c(Nc4ccc(C(=O)N5CCN(C(=O)N6CCN[C@H](CO)C6)CC5)c(Cl)c4)nccn23)c(F)c1F.O=CO. The number of nitrogens with one attached hydrogen (secondary N) is 2. The molecule has 0 unspecified atom stereocenters. The Kier molecular flexibility index (Phi) is 11.6. The van der Waals surface area contributed by atoms with Gasteiger partial charge in [0.1, 0.15) is 6.07 Å². The van der Waals surface area contributed by atoms with Crippen LogP contribution < -0.4 is 15.4 Å². The number of anilines is 2. The van der Waals surface area contributed by atoms with Crippen LogP contribution in [0.25, 0.3) is 16.9 Å². The van der Waals surface area contributed by atoms with E-state index in [9.17, 15) is 23.5 Å². The van der Waals surface area contributed by atoms with Gasteiger partial charge in [-0.2, -0.15) is 9.65 Å². The summed E-state index contributed by atoms with van der Waals surface area (Å²) in [5.74, 6) is -2.69. The number of carbonyl (C=O) groups is 3. The van der Waals surface area contributed by atoms with Gasteiger partial charge in [-0.15, -0.1) is 0 Å². The molecule has 18 heteroatoms. The minimum atomic E-state index is -1.22. The molecule has 3 amide bonds. The number of carbonyl (C=O) groups excluding carboxylic acids is 2. The average molecular weight is 712 g/mol. The molecule has 0 radical (unpaired) electrons. The molecule has 0 spiro atoms. The lowest BCUT2D eigenvalue weighted by Crippen LogP contribution is -2.59. The van der Waals surface area contributed by atoms with Crippen molar-refractivity contribution in [2.45, 2.75) is 6.04 Å². The first-order valence-corrected chi connectivity index (χ1v) is 15.7. The van der Waals surface area contributed by atoms with E-state index in [1.807, 2.05) is 0 Å². The summed E-state index contributed by atoms with van der Waals surface area (Å²) in [6.45, 7) is 2.36. The third-order valence-corrected chi connectivity index (χ3v) is 8.40. The smallest absolute Gasteiger partial charge is 0.320 e. The molecule has 262 valence electrons. The second-order valence-corrected chi connectivity index (χ2v) is 11.5. The van der Waals surface area contributed by atoms with Crippen LogP contribution in [0.15, 0.2) is 48.9 Å². The van der Waals surface area contributed by atoms with Gasteiger partial charge in [0.25, 0.3) is 12.4 Å². The molecule has 0 saturated carbocycles. The molecule has 50 heavy (non-hydrogen) atoms. The fraction of sp³-hybridized carbons (Fsp3) is 0.312. The van der Waals surface area contributed by atoms with Gasteiger partial charge in [-0.1, -0.05) is 11.6 Å². The molecule has 4 aromatic rings. The van der Waals surface area contributed by atoms with Crippen LogP contribution in [0.5, 0.6) is 5.75 Å². The molecule has 1 atom stereocenters. The Morgan fingerprint density at radius 3 is 2.54 bits per heavy atom. The highest BCUT2D eigenvalue weighted by Gasteiger charge is 2.31. The lowest BCUT2D eigenvalue weighted by Gasteiger charge is -2.40. The second-order valence-electron chi connectivity index (χ2n) is 11.1. The quantitative estimate of drug-likeness (QED) is 0.206. The average Bonchev–Trinajstić information content (AvgIpc) is 3.57. The fourth-order valence-electron chi connectivity index (χ4n) is 5.65. The number of imidazole rings is 1. The topological polar surface area (TPSA) is 189 Å². The zero-order valence-corrected chi connectivity index (χ0v) is 27.2. The van der Waals surface area contributed by atoms with Crippen molar-refractivity contribution in [2.24, 2.45) is 0 Å². The molecule has 0 aliphatic carbocycles. The zero-order chi connectivity index (χ0) is 35.8. The van der Waals surface area contributed by atoms with Crippen molar-refractivity contribution >= 4 is 47.2 Å². The van der Waals surface area contributed by atoms with Crippen LogP contribution in [-0.2, 0) is 4.79 Å². The van der Waals surface area contributed by atoms with E-state index in [-0.39, 0.29) is 53.1 Å². The highest BCUT2D eigenvalue weighted by molar-refractivity contribution is 6.34. The first-order chi connectivity index (χ1) is 24.2. The van der Waals surface area contributed by atoms with Crippen LogP contribution >= 0.6 is 11.6 Å². The van der Waals surface area contributed by atoms with Crippen molar-refractivity contribution in [3.05, 3.63) is 71.1 Å². The van der Waals surface area contributed by atoms with E-state index in [0.717, 1.165) is 0 Å². The molecule has 4 heterocycles. The number of hydrogen-bond acceptors (Lipinski definition) is 10. The van der Waals surface area contributed by atoms with Gasteiger partial charge in [0.15, 0.2) is 29.6 Å². The molecular weight excluding hydrogens is 680 g/mol. The number of aliphatic hydroxyl groups excluding tert-OH is 1. The predicted molar refractivity (Wildman–Crippen MR) is 176 cm³/mol. The van der Waals surface area contributed by atoms with Crippen LogP contribution in [0.1, 0.15) is 10.4 Å². The maximum Gasteiger partial charge on any atom is 0.320 e. The normalized spacial score (nSPS) is 15.9. The number of aliphatic hydroxyl groups is 1. The lowest BCUT2D eigenvalue weighted by molar-refractivity contribution is -0.122. The van der Waals surface area contributed by atoms with E-state index in [1.54, 1.807) is 49.6 Å². The van der Waals surface area contributed by atoms with Crippen LogP contribution in [0, 0.1) is 23.0 Å². The molecule has 2 aromatic heterocycles. The van der Waals surface area contributed by atoms with E-state index in [4.69, 9.17) is 31.5 Å². The Bertz CT molecular complexity index is 1920. The number of nitriles is 1. The minimum Gasteiger partial charge on any atom is -0.483 e. The molecule has 6 rings (SSSR count). The third-order valence-electron chi connectivity index (χ3n) is 8.09. The number of amides is 3. The van der Waals surface area contributed by atoms with Crippen molar-refractivity contribution < 1.29 is 38.1 Å². The molecule has 2 aromatic carbocycles. The van der Waals surface area contributed by atoms with Gasteiger partial charge in [-0.25, -0.2) is 19.2 Å². The molecule has 2 aliphatic heterocycles. The number of fused-ring (bicyclic) bond motifs is 1. The van der Waals surface area contributed by atoms with Crippen LogP contribution in [0.4, 0.5) is 25.1 Å². The van der Waals surface area contributed by atoms with Gasteiger partial charge in [-0.3, -0.25) is 14.0 Å². The molecular formula is C32H32ClF2N9O6. The van der Waals surface area contributed by atoms with E-state index < -0.39 is 18.2 Å². The summed E-state index contributed by atoms with van der Waals surface area (Å²) in [5.41, 5.74) is 1.34. The number of urea groups is 1. The van der Waals surface area contributed by atoms with E-state index >= 15 is 0 Å². The largest absolute Gasteiger partial charge is 0.483 e. The van der Waals surface area contributed by atoms with E-state index in [2.05, 4.69) is 20.6 Å². The van der Waals surface area contributed by atoms with Crippen molar-refractivity contribution in [2.75, 3.05) is 64.3 Å². The summed E-state index contributed by atoms with van der Waals surface area (Å²) < 4.78 is 36.1. The van der Waals surface area contributed by atoms with Gasteiger partial charge in [0.05, 0.1) is 29.1 Å². The zero-order valence-electron chi connectivity index (χ0n) is 26.4. The fourth-order valence-corrected chi connectivity index (χ4v) is 5.91. The number of piperazine rings is 2. The standard InChI is InChI=1S/C31H30ClF2N9O4.CH2O2/c32-23-15-19(1-2-21(23)30(45)40-10-12-41(13-11-40)31(46)42-8-6-36-20(17-42)18-44)39-28-29-38-16-24(43(29)9-7-37-28)22-3-4-25(47-14-5-35)27(34)26(22)33;2-1-3/h1-4,7,9,15-16,20,36,44H,6,8,10-14,17-18H2,(H,37,39);1H,(H,2,3)/t20-;/m0./s1. The highest BCUT2D eigenvalue weighted by atomic mass is 35.5. The van der Waals surface area contributed by atoms with Crippen molar-refractivity contribution in [1.82, 2.24) is 34.4 Å². The summed E-state index contributed by atoms with van der Waals surface area (Å²) in [4.78, 5) is 48.5.